The highest BCUT2D eigenvalue weighted by atomic mass is 16.7. The molecule has 1 amide bonds. The van der Waals surface area contributed by atoms with Crippen LogP contribution in [0, 0.1) is 6.92 Å². The van der Waals surface area contributed by atoms with Crippen LogP contribution in [0.3, 0.4) is 0 Å². The summed E-state index contributed by atoms with van der Waals surface area (Å²) in [4.78, 5) is 14.9. The van der Waals surface area contributed by atoms with E-state index in [1.807, 2.05) is 82.3 Å². The summed E-state index contributed by atoms with van der Waals surface area (Å²) in [5, 5.41) is 4.32. The summed E-state index contributed by atoms with van der Waals surface area (Å²) in [6, 6.07) is 17.8. The number of hydrogen-bond donors (Lipinski definition) is 0. The van der Waals surface area contributed by atoms with Crippen LogP contribution in [0.2, 0.25) is 0 Å². The molecule has 2 heterocycles. The van der Waals surface area contributed by atoms with E-state index in [2.05, 4.69) is 5.16 Å². The van der Waals surface area contributed by atoms with Crippen molar-refractivity contribution in [1.29, 1.82) is 0 Å². The van der Waals surface area contributed by atoms with Crippen LogP contribution in [0.15, 0.2) is 59.1 Å². The minimum atomic E-state index is -0.606. The number of hydrogen-bond acceptors (Lipinski definition) is 6. The molecule has 1 aromatic heterocycles. The Morgan fingerprint density at radius 3 is 2.58 bits per heavy atom. The highest BCUT2D eigenvalue weighted by Gasteiger charge is 2.25. The first-order chi connectivity index (χ1) is 17.3. The van der Waals surface area contributed by atoms with Crippen molar-refractivity contribution in [3.05, 3.63) is 60.4 Å². The van der Waals surface area contributed by atoms with Crippen LogP contribution in [-0.4, -0.2) is 42.9 Å². The maximum absolute atomic E-state index is 13.2. The van der Waals surface area contributed by atoms with Gasteiger partial charge in [-0.1, -0.05) is 47.6 Å². The number of aromatic nitrogens is 1. The topological polar surface area (TPSA) is 74.0 Å². The third-order valence-electron chi connectivity index (χ3n) is 5.94. The van der Waals surface area contributed by atoms with Crippen LogP contribution in [0.25, 0.3) is 22.4 Å². The van der Waals surface area contributed by atoms with E-state index in [0.717, 1.165) is 59.7 Å². The molecule has 1 atom stereocenters. The number of carbonyl (C=O) groups excluding carboxylic acids is 1. The van der Waals surface area contributed by atoms with Gasteiger partial charge in [0.05, 0.1) is 12.2 Å². The molecule has 2 aromatic carbocycles. The summed E-state index contributed by atoms with van der Waals surface area (Å²) in [7, 11) is 0. The summed E-state index contributed by atoms with van der Waals surface area (Å²) in [6.45, 7) is 9.22. The molecule has 0 radical (unpaired) electrons. The maximum Gasteiger partial charge on any atom is 0.414 e. The van der Waals surface area contributed by atoms with Crippen molar-refractivity contribution in [1.82, 2.24) is 5.16 Å². The number of benzene rings is 2. The Morgan fingerprint density at radius 1 is 1.08 bits per heavy atom. The second kappa shape index (κ2) is 11.7. The van der Waals surface area contributed by atoms with Gasteiger partial charge < -0.3 is 18.7 Å². The molecule has 1 aliphatic heterocycles. The summed E-state index contributed by atoms with van der Waals surface area (Å²) >= 11 is 0. The van der Waals surface area contributed by atoms with Crippen LogP contribution in [0.5, 0.6) is 0 Å². The van der Waals surface area contributed by atoms with E-state index in [9.17, 15) is 4.79 Å². The average Bonchev–Trinajstić information content (AvgIpc) is 3.25. The number of carbonyl (C=O) groups is 1. The minimum Gasteiger partial charge on any atom is -0.443 e. The van der Waals surface area contributed by atoms with E-state index < -0.39 is 5.60 Å². The lowest BCUT2D eigenvalue weighted by Crippen LogP contribution is -2.38. The van der Waals surface area contributed by atoms with E-state index in [-0.39, 0.29) is 12.4 Å². The van der Waals surface area contributed by atoms with Gasteiger partial charge in [-0.15, -0.1) is 0 Å². The fourth-order valence-electron chi connectivity index (χ4n) is 4.26. The number of aryl methyl sites for hydroxylation is 1. The van der Waals surface area contributed by atoms with Crippen molar-refractivity contribution >= 4 is 11.8 Å². The predicted molar refractivity (Wildman–Crippen MR) is 140 cm³/mol. The largest absolute Gasteiger partial charge is 0.443 e. The lowest BCUT2D eigenvalue weighted by molar-refractivity contribution is -0.162. The van der Waals surface area contributed by atoms with Crippen molar-refractivity contribution in [2.24, 2.45) is 0 Å². The quantitative estimate of drug-likeness (QED) is 0.316. The van der Waals surface area contributed by atoms with Gasteiger partial charge in [0.2, 0.25) is 0 Å². The van der Waals surface area contributed by atoms with E-state index in [1.165, 1.54) is 0 Å². The molecular formula is C29H36N2O5. The van der Waals surface area contributed by atoms with Crippen molar-refractivity contribution < 1.29 is 23.5 Å². The van der Waals surface area contributed by atoms with Gasteiger partial charge in [-0.05, 0) is 71.1 Å². The Hall–Kier alpha value is -3.16. The third kappa shape index (κ3) is 6.74. The second-order valence-corrected chi connectivity index (χ2v) is 10.0. The molecule has 1 aliphatic rings. The summed E-state index contributed by atoms with van der Waals surface area (Å²) < 4.78 is 22.9. The molecular weight excluding hydrogens is 456 g/mol. The first-order valence-electron chi connectivity index (χ1n) is 12.7. The zero-order valence-corrected chi connectivity index (χ0v) is 21.7. The standard InChI is InChI=1S/C29H36N2O5/c1-21-26(27(30-36-21)22-12-6-5-7-13-22)23-14-10-15-24(20-23)31(28(32)35-29(2,3)4)17-11-19-34-25-16-8-9-18-33-25/h5-7,10,12-15,20,25H,8-9,11,16-19H2,1-4H3. The van der Waals surface area contributed by atoms with Crippen molar-refractivity contribution in [2.45, 2.75) is 65.3 Å². The zero-order valence-electron chi connectivity index (χ0n) is 21.7. The van der Waals surface area contributed by atoms with Gasteiger partial charge >= 0.3 is 6.09 Å². The van der Waals surface area contributed by atoms with Crippen molar-refractivity contribution in [2.75, 3.05) is 24.7 Å². The lowest BCUT2D eigenvalue weighted by Gasteiger charge is -2.28. The molecule has 0 spiro atoms. The number of ether oxygens (including phenoxy) is 3. The van der Waals surface area contributed by atoms with Gasteiger partial charge in [0.15, 0.2) is 6.29 Å². The molecule has 1 fully saturated rings. The van der Waals surface area contributed by atoms with Crippen LogP contribution < -0.4 is 4.90 Å². The molecule has 0 bridgehead atoms. The van der Waals surface area contributed by atoms with Gasteiger partial charge in [-0.25, -0.2) is 4.79 Å². The normalized spacial score (nSPS) is 16.1. The van der Waals surface area contributed by atoms with E-state index >= 15 is 0 Å². The fourth-order valence-corrected chi connectivity index (χ4v) is 4.26. The second-order valence-electron chi connectivity index (χ2n) is 10.0. The molecule has 1 unspecified atom stereocenters. The molecule has 7 nitrogen and oxygen atoms in total. The van der Waals surface area contributed by atoms with Gasteiger partial charge in [-0.2, -0.15) is 0 Å². The number of anilines is 1. The van der Waals surface area contributed by atoms with Crippen molar-refractivity contribution in [3.63, 3.8) is 0 Å². The van der Waals surface area contributed by atoms with Gasteiger partial charge in [-0.3, -0.25) is 4.90 Å². The fraction of sp³-hybridized carbons (Fsp3) is 0.448. The van der Waals surface area contributed by atoms with Gasteiger partial charge in [0.1, 0.15) is 17.1 Å². The lowest BCUT2D eigenvalue weighted by atomic mass is 9.99. The number of nitrogens with zero attached hydrogens (tertiary/aromatic N) is 2. The Labute approximate surface area is 213 Å². The Balaban J connectivity index is 1.56. The smallest absolute Gasteiger partial charge is 0.414 e. The number of rotatable bonds is 8. The first-order valence-corrected chi connectivity index (χ1v) is 12.7. The van der Waals surface area contributed by atoms with Crippen LogP contribution in [0.4, 0.5) is 10.5 Å². The van der Waals surface area contributed by atoms with E-state index in [0.29, 0.717) is 19.6 Å². The Kier molecular flexibility index (Phi) is 8.44. The maximum atomic E-state index is 13.2. The minimum absolute atomic E-state index is 0.148. The predicted octanol–water partition coefficient (Wildman–Crippen LogP) is 6.99. The average molecular weight is 493 g/mol. The van der Waals surface area contributed by atoms with Crippen LogP contribution in [-0.2, 0) is 14.2 Å². The summed E-state index contributed by atoms with van der Waals surface area (Å²) in [6.07, 6.45) is 3.24. The van der Waals surface area contributed by atoms with Crippen LogP contribution >= 0.6 is 0 Å². The molecule has 36 heavy (non-hydrogen) atoms. The number of amides is 1. The monoisotopic (exact) mass is 492 g/mol. The first kappa shape index (κ1) is 25.9. The molecule has 3 aromatic rings. The third-order valence-corrected chi connectivity index (χ3v) is 5.94. The molecule has 4 rings (SSSR count). The van der Waals surface area contributed by atoms with E-state index in [1.54, 1.807) is 4.90 Å². The highest BCUT2D eigenvalue weighted by Crippen LogP contribution is 2.36. The molecule has 192 valence electrons. The van der Waals surface area contributed by atoms with Crippen molar-refractivity contribution in [3.8, 4) is 22.4 Å². The summed E-state index contributed by atoms with van der Waals surface area (Å²) in [5.41, 5.74) is 3.71. The molecule has 1 saturated heterocycles. The zero-order chi connectivity index (χ0) is 25.5. The molecule has 7 heteroatoms. The molecule has 0 aliphatic carbocycles. The molecule has 0 saturated carbocycles. The van der Waals surface area contributed by atoms with Gasteiger partial charge in [0.25, 0.3) is 0 Å². The molecule has 0 N–H and O–H groups in total. The Bertz CT molecular complexity index is 1130. The Morgan fingerprint density at radius 2 is 1.86 bits per heavy atom. The van der Waals surface area contributed by atoms with Crippen LogP contribution in [0.1, 0.15) is 52.2 Å². The SMILES string of the molecule is Cc1onc(-c2ccccc2)c1-c1cccc(N(CCCOC2CCCCO2)C(=O)OC(C)(C)C)c1. The van der Waals surface area contributed by atoms with E-state index in [4.69, 9.17) is 18.7 Å². The summed E-state index contributed by atoms with van der Waals surface area (Å²) in [5.74, 6) is 0.718. The van der Waals surface area contributed by atoms with Gasteiger partial charge in [0, 0.05) is 24.4 Å². The highest BCUT2D eigenvalue weighted by molar-refractivity contribution is 5.90.